The van der Waals surface area contributed by atoms with E-state index in [1.165, 1.54) is 44.1 Å². The second kappa shape index (κ2) is 22.8. The summed E-state index contributed by atoms with van der Waals surface area (Å²) in [6.07, 6.45) is 13.9. The fourth-order valence-electron chi connectivity index (χ4n) is 6.04. The first-order valence-corrected chi connectivity index (χ1v) is 18.6. The Hall–Kier alpha value is -3.95. The molecule has 0 aliphatic rings. The van der Waals surface area contributed by atoms with E-state index in [2.05, 4.69) is 71.2 Å². The molecule has 2 N–H and O–H groups in total. The molecule has 0 fully saturated rings. The average Bonchev–Trinajstić information content (AvgIpc) is 3.15. The van der Waals surface area contributed by atoms with Crippen LogP contribution in [0.15, 0.2) is 72.8 Å². The highest BCUT2D eigenvalue weighted by Crippen LogP contribution is 2.37. The fraction of sp³-hybridized carbons (Fsp3) is 0.465. The van der Waals surface area contributed by atoms with Gasteiger partial charge in [-0.2, -0.15) is 4.89 Å². The molecule has 0 bridgehead atoms. The van der Waals surface area contributed by atoms with Crippen molar-refractivity contribution in [1.29, 1.82) is 0 Å². The van der Waals surface area contributed by atoms with Crippen LogP contribution in [0.5, 0.6) is 11.5 Å². The minimum Gasteiger partial charge on any atom is -0.392 e. The van der Waals surface area contributed by atoms with Gasteiger partial charge in [-0.25, -0.2) is 9.68 Å². The Labute approximate surface area is 304 Å². The minimum atomic E-state index is -0.793. The Morgan fingerprint density at radius 1 is 0.686 bits per heavy atom. The van der Waals surface area contributed by atoms with Crippen LogP contribution in [0.2, 0.25) is 0 Å². The summed E-state index contributed by atoms with van der Waals surface area (Å²) < 4.78 is 0. The summed E-state index contributed by atoms with van der Waals surface area (Å²) in [5.41, 5.74) is 9.25. The van der Waals surface area contributed by atoms with Crippen LogP contribution >= 0.6 is 0 Å². The van der Waals surface area contributed by atoms with Crippen molar-refractivity contribution in [3.05, 3.63) is 95.1 Å². The smallest absolute Gasteiger partial charge is 0.383 e. The first kappa shape index (κ1) is 41.5. The lowest BCUT2D eigenvalue weighted by atomic mass is 9.89. The number of carbonyl (C=O) groups excluding carboxylic acids is 1. The maximum Gasteiger partial charge on any atom is 0.383 e. The minimum absolute atomic E-state index is 0.0382. The summed E-state index contributed by atoms with van der Waals surface area (Å²) in [4.78, 5) is 33.3. The van der Waals surface area contributed by atoms with Crippen molar-refractivity contribution in [2.75, 3.05) is 19.8 Å². The van der Waals surface area contributed by atoms with Crippen molar-refractivity contribution in [3.63, 3.8) is 0 Å². The van der Waals surface area contributed by atoms with E-state index in [1.54, 1.807) is 0 Å². The zero-order valence-electron chi connectivity index (χ0n) is 31.2. The van der Waals surface area contributed by atoms with Crippen LogP contribution in [0.3, 0.4) is 0 Å². The van der Waals surface area contributed by atoms with Gasteiger partial charge in [-0.05, 0) is 101 Å². The molecule has 0 saturated heterocycles. The number of aliphatic hydroxyl groups excluding tert-OH is 2. The largest absolute Gasteiger partial charge is 0.392 e. The van der Waals surface area contributed by atoms with Crippen molar-refractivity contribution in [3.8, 4) is 33.8 Å². The maximum atomic E-state index is 12.1. The Bertz CT molecular complexity index is 1560. The van der Waals surface area contributed by atoms with E-state index < -0.39 is 12.6 Å². The van der Waals surface area contributed by atoms with Gasteiger partial charge < -0.3 is 15.1 Å². The highest BCUT2D eigenvalue weighted by atomic mass is 17.5. The number of benzene rings is 3. The van der Waals surface area contributed by atoms with E-state index in [0.29, 0.717) is 17.1 Å². The number of hydrogen-bond acceptors (Lipinski definition) is 8. The monoisotopic (exact) mass is 702 g/mol. The topological polar surface area (TPSA) is 104 Å². The van der Waals surface area contributed by atoms with Crippen LogP contribution in [0.25, 0.3) is 22.3 Å². The van der Waals surface area contributed by atoms with Crippen LogP contribution < -0.4 is 9.78 Å². The molecular formula is C43H58O8. The summed E-state index contributed by atoms with van der Waals surface area (Å²) >= 11 is 0. The fourth-order valence-corrected chi connectivity index (χ4v) is 6.04. The quantitative estimate of drug-likeness (QED) is 0.0296. The van der Waals surface area contributed by atoms with E-state index >= 15 is 0 Å². The Morgan fingerprint density at radius 3 is 1.96 bits per heavy atom. The number of aliphatic hydroxyl groups is 2. The Morgan fingerprint density at radius 2 is 1.29 bits per heavy atom. The molecule has 0 atom stereocenters. The van der Waals surface area contributed by atoms with Gasteiger partial charge in [0.25, 0.3) is 0 Å². The first-order chi connectivity index (χ1) is 24.8. The van der Waals surface area contributed by atoms with E-state index in [0.717, 1.165) is 83.9 Å². The number of unbranched alkanes of at least 4 members (excludes halogenated alkanes) is 8. The van der Waals surface area contributed by atoms with Crippen LogP contribution in [-0.4, -0.2) is 36.0 Å². The molecule has 0 amide bonds. The normalized spacial score (nSPS) is 11.0. The molecule has 3 aromatic carbocycles. The van der Waals surface area contributed by atoms with Gasteiger partial charge in [0.15, 0.2) is 11.5 Å². The highest BCUT2D eigenvalue weighted by molar-refractivity contribution is 5.87. The van der Waals surface area contributed by atoms with Gasteiger partial charge in [0.2, 0.25) is 0 Å². The second-order valence-corrected chi connectivity index (χ2v) is 13.1. The van der Waals surface area contributed by atoms with Crippen molar-refractivity contribution < 1.29 is 39.6 Å². The zero-order chi connectivity index (χ0) is 37.0. The molecule has 0 spiro atoms. The molecule has 3 rings (SSSR count). The summed E-state index contributed by atoms with van der Waals surface area (Å²) in [5.74, 6) is 0.305. The summed E-state index contributed by atoms with van der Waals surface area (Å²) in [7, 11) is 0. The molecule has 0 aromatic heterocycles. The molecule has 0 heterocycles. The molecule has 0 aliphatic heterocycles. The van der Waals surface area contributed by atoms with Gasteiger partial charge in [0.05, 0.1) is 18.8 Å². The standard InChI is InChI=1S/C43H58O8/c1-7-10-12-14-16-18-37-27-36(21-24-41(37)48-50-43(46)32(5)29-45)40-22-20-35(26-34(40)9-3)38-23-25-42(49-51-47-30-31(4)28-44)39(33(38)6)19-17-15-13-11-8-2/h20-27,44-45H,4-5,7-19,28-30H2,1-3,6H3. The number of aryl methyl sites for hydroxylation is 2. The van der Waals surface area contributed by atoms with Crippen LogP contribution in [0.4, 0.5) is 0 Å². The van der Waals surface area contributed by atoms with Crippen molar-refractivity contribution in [1.82, 2.24) is 0 Å². The van der Waals surface area contributed by atoms with E-state index in [-0.39, 0.29) is 18.8 Å². The Kier molecular flexibility index (Phi) is 18.5. The van der Waals surface area contributed by atoms with E-state index in [1.807, 2.05) is 18.2 Å². The number of hydrogen-bond donors (Lipinski definition) is 2. The Balaban J connectivity index is 1.92. The van der Waals surface area contributed by atoms with E-state index in [9.17, 15) is 15.0 Å². The maximum absolute atomic E-state index is 12.1. The van der Waals surface area contributed by atoms with E-state index in [4.69, 9.17) is 24.6 Å². The van der Waals surface area contributed by atoms with Gasteiger partial charge in [0.1, 0.15) is 6.61 Å². The molecule has 0 aliphatic carbocycles. The molecule has 8 nitrogen and oxygen atoms in total. The number of rotatable bonds is 25. The van der Waals surface area contributed by atoms with Gasteiger partial charge >= 0.3 is 5.97 Å². The van der Waals surface area contributed by atoms with Crippen LogP contribution in [0, 0.1) is 6.92 Å². The van der Waals surface area contributed by atoms with Crippen molar-refractivity contribution in [2.24, 2.45) is 0 Å². The number of carbonyl (C=O) groups is 1. The molecule has 278 valence electrons. The summed E-state index contributed by atoms with van der Waals surface area (Å²) in [6, 6.07) is 16.6. The van der Waals surface area contributed by atoms with Gasteiger partial charge in [-0.3, -0.25) is 4.89 Å². The lowest BCUT2D eigenvalue weighted by Crippen LogP contribution is -2.13. The third-order valence-electron chi connectivity index (χ3n) is 9.15. The van der Waals surface area contributed by atoms with Gasteiger partial charge in [0, 0.05) is 11.1 Å². The molecule has 3 aromatic rings. The van der Waals surface area contributed by atoms with Crippen LogP contribution in [0.1, 0.15) is 107 Å². The first-order valence-electron chi connectivity index (χ1n) is 18.6. The lowest BCUT2D eigenvalue weighted by Gasteiger charge is -2.18. The second-order valence-electron chi connectivity index (χ2n) is 13.1. The highest BCUT2D eigenvalue weighted by Gasteiger charge is 2.17. The summed E-state index contributed by atoms with van der Waals surface area (Å²) in [5, 5.41) is 23.5. The SMILES string of the molecule is C=C(CO)COOOc1ccc(-c2ccc(-c3ccc(OOC(=O)C(=C)CO)c(CCCCCCC)c3)c(CC)c2)c(C)c1CCCCCCC. The summed E-state index contributed by atoms with van der Waals surface area (Å²) in [6.45, 7) is 15.3. The predicted octanol–water partition coefficient (Wildman–Crippen LogP) is 10.1. The van der Waals surface area contributed by atoms with Gasteiger partial charge in [-0.15, -0.1) is 0 Å². The average molecular weight is 703 g/mol. The van der Waals surface area contributed by atoms with Crippen molar-refractivity contribution >= 4 is 5.97 Å². The molecule has 0 unspecified atom stereocenters. The van der Waals surface area contributed by atoms with Crippen molar-refractivity contribution in [2.45, 2.75) is 111 Å². The van der Waals surface area contributed by atoms with Crippen LogP contribution in [-0.2, 0) is 38.9 Å². The third-order valence-corrected chi connectivity index (χ3v) is 9.15. The zero-order valence-corrected chi connectivity index (χ0v) is 31.2. The lowest BCUT2D eigenvalue weighted by molar-refractivity contribution is -0.462. The molecule has 0 radical (unpaired) electrons. The molecular weight excluding hydrogens is 644 g/mol. The van der Waals surface area contributed by atoms with Gasteiger partial charge in [-0.1, -0.05) is 116 Å². The molecule has 8 heteroatoms. The molecule has 51 heavy (non-hydrogen) atoms. The third kappa shape index (κ3) is 13.0. The predicted molar refractivity (Wildman–Crippen MR) is 203 cm³/mol. The molecule has 0 saturated carbocycles.